The minimum absolute atomic E-state index is 0.307. The summed E-state index contributed by atoms with van der Waals surface area (Å²) in [4.78, 5) is 2.75. The first-order chi connectivity index (χ1) is 8.45. The predicted molar refractivity (Wildman–Crippen MR) is 81.2 cm³/mol. The van der Waals surface area contributed by atoms with Gasteiger partial charge in [-0.1, -0.05) is 6.92 Å². The minimum atomic E-state index is 0.307. The highest BCUT2D eigenvalue weighted by Crippen LogP contribution is 2.44. The van der Waals surface area contributed by atoms with E-state index in [4.69, 9.17) is 4.74 Å². The maximum absolute atomic E-state index is 5.99. The van der Waals surface area contributed by atoms with Gasteiger partial charge < -0.3 is 10.1 Å². The maximum Gasteiger partial charge on any atom is 0.0600 e. The topological polar surface area (TPSA) is 21.3 Å². The van der Waals surface area contributed by atoms with Gasteiger partial charge in [-0.3, -0.25) is 0 Å². The summed E-state index contributed by atoms with van der Waals surface area (Å²) in [5.41, 5.74) is 0. The summed E-state index contributed by atoms with van der Waals surface area (Å²) >= 11 is 5.56. The van der Waals surface area contributed by atoms with Crippen LogP contribution in [0.15, 0.2) is 10.5 Å². The summed E-state index contributed by atoms with van der Waals surface area (Å²) in [7, 11) is 2.05. The zero-order chi connectivity index (χ0) is 13.4. The fraction of sp³-hybridized carbons (Fsp3) is 0.714. The molecule has 1 fully saturated rings. The second kappa shape index (κ2) is 5.61. The molecule has 1 aromatic rings. The lowest BCUT2D eigenvalue weighted by atomic mass is 9.83. The van der Waals surface area contributed by atoms with Gasteiger partial charge in [-0.25, -0.2) is 0 Å². The second-order valence-electron chi connectivity index (χ2n) is 5.32. The number of rotatable bonds is 3. The molecule has 1 aromatic heterocycles. The summed E-state index contributed by atoms with van der Waals surface area (Å²) in [5.74, 6) is 1.10. The minimum Gasteiger partial charge on any atom is -0.375 e. The van der Waals surface area contributed by atoms with Crippen molar-refractivity contribution in [2.75, 3.05) is 7.05 Å². The molecule has 2 heterocycles. The van der Waals surface area contributed by atoms with Crippen LogP contribution in [0.1, 0.15) is 36.6 Å². The van der Waals surface area contributed by atoms with Crippen molar-refractivity contribution < 1.29 is 4.74 Å². The fourth-order valence-corrected chi connectivity index (χ4v) is 5.15. The Kier molecular flexibility index (Phi) is 4.52. The summed E-state index contributed by atoms with van der Waals surface area (Å²) in [6.07, 6.45) is 0.655. The Morgan fingerprint density at radius 3 is 2.39 bits per heavy atom. The molecule has 0 saturated carbocycles. The van der Waals surface area contributed by atoms with Crippen LogP contribution in [0.4, 0.5) is 0 Å². The second-order valence-corrected chi connectivity index (χ2v) is 7.46. The number of hydrogen-bond donors (Lipinski definition) is 1. The van der Waals surface area contributed by atoms with Crippen LogP contribution in [0.5, 0.6) is 0 Å². The molecule has 0 bridgehead atoms. The van der Waals surface area contributed by atoms with E-state index in [9.17, 15) is 0 Å². The van der Waals surface area contributed by atoms with E-state index in [0.717, 1.165) is 0 Å². The van der Waals surface area contributed by atoms with Crippen molar-refractivity contribution >= 4 is 27.3 Å². The van der Waals surface area contributed by atoms with Gasteiger partial charge in [0, 0.05) is 26.2 Å². The normalized spacial score (nSPS) is 33.9. The molecule has 102 valence electrons. The highest BCUT2D eigenvalue weighted by molar-refractivity contribution is 9.10. The number of aryl methyl sites for hydroxylation is 1. The van der Waals surface area contributed by atoms with Crippen molar-refractivity contribution in [2.24, 2.45) is 11.8 Å². The quantitative estimate of drug-likeness (QED) is 0.898. The van der Waals surface area contributed by atoms with Crippen LogP contribution in [0.2, 0.25) is 0 Å². The molecular formula is C14H22BrNOS. The average molecular weight is 332 g/mol. The molecular weight excluding hydrogens is 310 g/mol. The van der Waals surface area contributed by atoms with E-state index in [-0.39, 0.29) is 0 Å². The monoisotopic (exact) mass is 331 g/mol. The molecule has 2 nitrogen and oxygen atoms in total. The zero-order valence-corrected chi connectivity index (χ0v) is 14.1. The van der Waals surface area contributed by atoms with Gasteiger partial charge in [0.15, 0.2) is 0 Å². The van der Waals surface area contributed by atoms with Crippen molar-refractivity contribution in [3.8, 4) is 0 Å². The van der Waals surface area contributed by atoms with Crippen LogP contribution in [0.3, 0.4) is 0 Å². The van der Waals surface area contributed by atoms with Crippen LogP contribution in [0, 0.1) is 18.8 Å². The molecule has 0 spiro atoms. The van der Waals surface area contributed by atoms with Gasteiger partial charge in [0.2, 0.25) is 0 Å². The molecule has 1 aliphatic heterocycles. The third kappa shape index (κ3) is 2.53. The highest BCUT2D eigenvalue weighted by Gasteiger charge is 2.42. The Balaban J connectivity index is 2.31. The lowest BCUT2D eigenvalue weighted by molar-refractivity contribution is 0.0479. The van der Waals surface area contributed by atoms with E-state index >= 15 is 0 Å². The summed E-state index contributed by atoms with van der Waals surface area (Å²) in [6.45, 7) is 8.84. The number of ether oxygens (including phenoxy) is 1. The van der Waals surface area contributed by atoms with E-state index in [0.29, 0.717) is 30.1 Å². The van der Waals surface area contributed by atoms with Gasteiger partial charge >= 0.3 is 0 Å². The fourth-order valence-electron chi connectivity index (χ4n) is 3.08. The molecule has 2 rings (SSSR count). The van der Waals surface area contributed by atoms with Gasteiger partial charge in [0.25, 0.3) is 0 Å². The SMILES string of the molecule is CNC(c1sc(C)cc1Br)C1C(C)OC(C)C1C. The lowest BCUT2D eigenvalue weighted by Gasteiger charge is -2.28. The molecule has 0 radical (unpaired) electrons. The van der Waals surface area contributed by atoms with Crippen molar-refractivity contribution in [2.45, 2.75) is 45.9 Å². The van der Waals surface area contributed by atoms with Gasteiger partial charge in [-0.2, -0.15) is 0 Å². The molecule has 0 amide bonds. The number of halogens is 1. The Labute approximate surface area is 122 Å². The summed E-state index contributed by atoms with van der Waals surface area (Å²) in [5, 5.41) is 3.50. The zero-order valence-electron chi connectivity index (χ0n) is 11.7. The molecule has 4 heteroatoms. The van der Waals surface area contributed by atoms with Crippen LogP contribution >= 0.6 is 27.3 Å². The van der Waals surface area contributed by atoms with Crippen LogP contribution in [0.25, 0.3) is 0 Å². The molecule has 5 atom stereocenters. The van der Waals surface area contributed by atoms with Crippen LogP contribution < -0.4 is 5.32 Å². The largest absolute Gasteiger partial charge is 0.375 e. The Morgan fingerprint density at radius 2 is 2.00 bits per heavy atom. The van der Waals surface area contributed by atoms with E-state index in [2.05, 4.69) is 62.1 Å². The highest BCUT2D eigenvalue weighted by atomic mass is 79.9. The van der Waals surface area contributed by atoms with Crippen molar-refractivity contribution in [1.29, 1.82) is 0 Å². The molecule has 18 heavy (non-hydrogen) atoms. The van der Waals surface area contributed by atoms with Crippen LogP contribution in [-0.2, 0) is 4.74 Å². The lowest BCUT2D eigenvalue weighted by Crippen LogP contribution is -2.32. The van der Waals surface area contributed by atoms with E-state index in [1.807, 2.05) is 11.3 Å². The van der Waals surface area contributed by atoms with Crippen molar-refractivity contribution in [3.05, 3.63) is 20.3 Å². The van der Waals surface area contributed by atoms with Crippen molar-refractivity contribution in [3.63, 3.8) is 0 Å². The first kappa shape index (κ1) is 14.5. The van der Waals surface area contributed by atoms with Gasteiger partial charge in [0.05, 0.1) is 12.2 Å². The predicted octanol–water partition coefficient (Wildman–Crippen LogP) is 4.14. The Bertz CT molecular complexity index is 420. The first-order valence-electron chi connectivity index (χ1n) is 6.54. The third-order valence-electron chi connectivity index (χ3n) is 4.13. The van der Waals surface area contributed by atoms with Gasteiger partial charge in [-0.15, -0.1) is 11.3 Å². The molecule has 1 aliphatic rings. The Hall–Kier alpha value is 0.1000. The summed E-state index contributed by atoms with van der Waals surface area (Å²) < 4.78 is 7.21. The summed E-state index contributed by atoms with van der Waals surface area (Å²) in [6, 6.07) is 2.58. The Morgan fingerprint density at radius 1 is 1.33 bits per heavy atom. The molecule has 1 N–H and O–H groups in total. The van der Waals surface area contributed by atoms with E-state index < -0.39 is 0 Å². The standard InChI is InChI=1S/C14H22BrNOS/c1-7-6-11(15)14(18-7)13(16-5)12-8(2)9(3)17-10(12)4/h6,8-10,12-13,16H,1-5H3. The smallest absolute Gasteiger partial charge is 0.0600 e. The van der Waals surface area contributed by atoms with Crippen LogP contribution in [-0.4, -0.2) is 19.3 Å². The van der Waals surface area contributed by atoms with Crippen molar-refractivity contribution in [1.82, 2.24) is 5.32 Å². The van der Waals surface area contributed by atoms with E-state index in [1.165, 1.54) is 14.2 Å². The molecule has 1 saturated heterocycles. The maximum atomic E-state index is 5.99. The van der Waals surface area contributed by atoms with Gasteiger partial charge in [-0.05, 0) is 55.7 Å². The molecule has 0 aliphatic carbocycles. The number of nitrogens with one attached hydrogen (secondary N) is 1. The molecule has 0 aromatic carbocycles. The average Bonchev–Trinajstić information content (AvgIpc) is 2.74. The third-order valence-corrected chi connectivity index (χ3v) is 6.19. The number of hydrogen-bond acceptors (Lipinski definition) is 3. The molecule has 5 unspecified atom stereocenters. The van der Waals surface area contributed by atoms with Gasteiger partial charge in [0.1, 0.15) is 0 Å². The first-order valence-corrected chi connectivity index (χ1v) is 8.15. The van der Waals surface area contributed by atoms with E-state index in [1.54, 1.807) is 0 Å². The number of thiophene rings is 1.